The van der Waals surface area contributed by atoms with Crippen molar-refractivity contribution in [1.82, 2.24) is 25.3 Å². The number of anilines is 1. The van der Waals surface area contributed by atoms with Crippen LogP contribution in [0.2, 0.25) is 0 Å². The number of fused-ring (bicyclic) bond motifs is 1. The Hall–Kier alpha value is -3.23. The molecule has 0 fully saturated rings. The fourth-order valence-corrected chi connectivity index (χ4v) is 2.18. The summed E-state index contributed by atoms with van der Waals surface area (Å²) in [6.45, 7) is 0.348. The zero-order valence-electron chi connectivity index (χ0n) is 12.0. The summed E-state index contributed by atoms with van der Waals surface area (Å²) in [6.07, 6.45) is 7.09. The van der Waals surface area contributed by atoms with Gasteiger partial charge in [0.2, 0.25) is 5.95 Å². The molecule has 0 spiro atoms. The summed E-state index contributed by atoms with van der Waals surface area (Å²) < 4.78 is 0. The maximum Gasteiger partial charge on any atom is 0.310 e. The second-order valence-electron chi connectivity index (χ2n) is 5.04. The molecule has 0 bridgehead atoms. The van der Waals surface area contributed by atoms with Crippen LogP contribution in [0.5, 0.6) is 0 Å². The molecular formula is C14H14N6O3. The lowest BCUT2D eigenvalue weighted by Gasteiger charge is -2.13. The normalized spacial score (nSPS) is 17.0. The Labute approximate surface area is 130 Å². The third kappa shape index (κ3) is 3.18. The van der Waals surface area contributed by atoms with Crippen molar-refractivity contribution in [2.75, 3.05) is 5.73 Å². The van der Waals surface area contributed by atoms with Crippen molar-refractivity contribution in [3.63, 3.8) is 0 Å². The molecule has 1 aliphatic rings. The van der Waals surface area contributed by atoms with E-state index < -0.39 is 17.4 Å². The van der Waals surface area contributed by atoms with Crippen molar-refractivity contribution in [2.24, 2.45) is 5.92 Å². The Morgan fingerprint density at radius 2 is 2.30 bits per heavy atom. The molecule has 3 rings (SSSR count). The van der Waals surface area contributed by atoms with Gasteiger partial charge in [-0.15, -0.1) is 0 Å². The topological polar surface area (TPSA) is 147 Å². The summed E-state index contributed by atoms with van der Waals surface area (Å²) in [7, 11) is 0. The molecule has 0 amide bonds. The van der Waals surface area contributed by atoms with Crippen molar-refractivity contribution in [3.05, 3.63) is 46.2 Å². The van der Waals surface area contributed by atoms with E-state index in [1.165, 1.54) is 6.20 Å². The zero-order valence-corrected chi connectivity index (χ0v) is 12.0. The van der Waals surface area contributed by atoms with E-state index in [0.717, 1.165) is 5.70 Å². The van der Waals surface area contributed by atoms with Gasteiger partial charge in [0, 0.05) is 5.70 Å². The molecule has 1 atom stereocenters. The molecule has 23 heavy (non-hydrogen) atoms. The summed E-state index contributed by atoms with van der Waals surface area (Å²) in [4.78, 5) is 37.2. The number of carbonyl (C=O) groups is 1. The van der Waals surface area contributed by atoms with Crippen LogP contribution in [0.25, 0.3) is 11.2 Å². The third-order valence-electron chi connectivity index (χ3n) is 3.38. The average molecular weight is 314 g/mol. The predicted octanol–water partition coefficient (Wildman–Crippen LogP) is -0.0705. The van der Waals surface area contributed by atoms with Crippen molar-refractivity contribution in [3.8, 4) is 0 Å². The van der Waals surface area contributed by atoms with Crippen LogP contribution in [0.4, 0.5) is 5.95 Å². The molecule has 2 aromatic rings. The summed E-state index contributed by atoms with van der Waals surface area (Å²) in [5, 5.41) is 12.0. The minimum atomic E-state index is -0.844. The number of aliphatic carboxylic acids is 1. The molecule has 0 aromatic carbocycles. The van der Waals surface area contributed by atoms with Crippen molar-refractivity contribution in [2.45, 2.75) is 13.0 Å². The SMILES string of the molecule is Nc1nc2ncc(CNC3=CCC(C(=O)O)C=C3)nc2c(=O)[nH]1. The van der Waals surface area contributed by atoms with Crippen LogP contribution < -0.4 is 16.6 Å². The summed E-state index contributed by atoms with van der Waals surface area (Å²) in [5.74, 6) is -1.34. The van der Waals surface area contributed by atoms with Crippen LogP contribution in [0.1, 0.15) is 12.1 Å². The molecule has 0 saturated heterocycles. The molecule has 9 nitrogen and oxygen atoms in total. The number of aromatic amines is 1. The number of hydrogen-bond donors (Lipinski definition) is 4. The Morgan fingerprint density at radius 3 is 3.00 bits per heavy atom. The number of nitrogens with zero attached hydrogens (tertiary/aromatic N) is 3. The van der Waals surface area contributed by atoms with Crippen molar-refractivity contribution < 1.29 is 9.90 Å². The number of rotatable bonds is 4. The first-order valence-corrected chi connectivity index (χ1v) is 6.89. The molecular weight excluding hydrogens is 300 g/mol. The number of nitrogens with one attached hydrogen (secondary N) is 2. The minimum absolute atomic E-state index is 0.00634. The van der Waals surface area contributed by atoms with E-state index in [1.54, 1.807) is 12.2 Å². The number of aromatic nitrogens is 4. The number of hydrogen-bond acceptors (Lipinski definition) is 7. The van der Waals surface area contributed by atoms with Gasteiger partial charge in [-0.1, -0.05) is 12.2 Å². The van der Waals surface area contributed by atoms with Crippen LogP contribution >= 0.6 is 0 Å². The second kappa shape index (κ2) is 5.87. The van der Waals surface area contributed by atoms with E-state index in [0.29, 0.717) is 18.7 Å². The average Bonchev–Trinajstić information content (AvgIpc) is 2.53. The highest BCUT2D eigenvalue weighted by atomic mass is 16.4. The number of allylic oxidation sites excluding steroid dienone is 2. The van der Waals surface area contributed by atoms with Gasteiger partial charge in [0.1, 0.15) is 0 Å². The standard InChI is InChI=1S/C14H14N6O3/c15-14-19-11-10(12(21)20-14)18-9(6-17-11)5-16-8-3-1-7(2-4-8)13(22)23/h1,3-4,6-7,16H,2,5H2,(H,22,23)(H3,15,17,19,20,21). The van der Waals surface area contributed by atoms with Gasteiger partial charge in [-0.2, -0.15) is 4.98 Å². The van der Waals surface area contributed by atoms with Crippen LogP contribution in [0, 0.1) is 5.92 Å². The quantitative estimate of drug-likeness (QED) is 0.613. The first kappa shape index (κ1) is 14.7. The van der Waals surface area contributed by atoms with E-state index >= 15 is 0 Å². The molecule has 2 heterocycles. The predicted molar refractivity (Wildman–Crippen MR) is 82.2 cm³/mol. The Balaban J connectivity index is 1.72. The lowest BCUT2D eigenvalue weighted by atomic mass is 10.00. The number of H-pyrrole nitrogens is 1. The molecule has 2 aromatic heterocycles. The summed E-state index contributed by atoms with van der Waals surface area (Å²) >= 11 is 0. The van der Waals surface area contributed by atoms with E-state index in [-0.39, 0.29) is 17.1 Å². The number of nitrogens with two attached hydrogens (primary N) is 1. The lowest BCUT2D eigenvalue weighted by Crippen LogP contribution is -2.19. The highest BCUT2D eigenvalue weighted by Gasteiger charge is 2.15. The third-order valence-corrected chi connectivity index (χ3v) is 3.38. The van der Waals surface area contributed by atoms with Crippen LogP contribution in [0.15, 0.2) is 34.9 Å². The fraction of sp³-hybridized carbons (Fsp3) is 0.214. The molecule has 118 valence electrons. The largest absolute Gasteiger partial charge is 0.481 e. The molecule has 0 saturated carbocycles. The summed E-state index contributed by atoms with van der Waals surface area (Å²) in [6, 6.07) is 0. The minimum Gasteiger partial charge on any atom is -0.481 e. The summed E-state index contributed by atoms with van der Waals surface area (Å²) in [5.41, 5.74) is 6.68. The molecule has 5 N–H and O–H groups in total. The molecule has 0 radical (unpaired) electrons. The number of carboxylic acids is 1. The van der Waals surface area contributed by atoms with E-state index in [1.807, 2.05) is 6.08 Å². The van der Waals surface area contributed by atoms with Crippen LogP contribution in [-0.4, -0.2) is 31.0 Å². The fourth-order valence-electron chi connectivity index (χ4n) is 2.18. The Bertz CT molecular complexity index is 886. The van der Waals surface area contributed by atoms with E-state index in [9.17, 15) is 9.59 Å². The molecule has 0 aliphatic heterocycles. The smallest absolute Gasteiger partial charge is 0.310 e. The molecule has 9 heteroatoms. The van der Waals surface area contributed by atoms with Gasteiger partial charge < -0.3 is 16.2 Å². The Morgan fingerprint density at radius 1 is 1.48 bits per heavy atom. The Kier molecular flexibility index (Phi) is 3.75. The van der Waals surface area contributed by atoms with Gasteiger partial charge in [0.15, 0.2) is 11.2 Å². The van der Waals surface area contributed by atoms with E-state index in [4.69, 9.17) is 10.8 Å². The van der Waals surface area contributed by atoms with Gasteiger partial charge in [0.25, 0.3) is 5.56 Å². The lowest BCUT2D eigenvalue weighted by molar-refractivity contribution is -0.139. The van der Waals surface area contributed by atoms with Crippen molar-refractivity contribution in [1.29, 1.82) is 0 Å². The number of carboxylic acid groups (broad SMARTS) is 1. The molecule has 1 unspecified atom stereocenters. The monoisotopic (exact) mass is 314 g/mol. The second-order valence-corrected chi connectivity index (χ2v) is 5.04. The van der Waals surface area contributed by atoms with E-state index in [2.05, 4.69) is 25.3 Å². The maximum atomic E-state index is 11.8. The van der Waals surface area contributed by atoms with Gasteiger partial charge in [-0.05, 0) is 12.5 Å². The zero-order chi connectivity index (χ0) is 16.4. The number of nitrogen functional groups attached to an aromatic ring is 1. The van der Waals surface area contributed by atoms with Crippen molar-refractivity contribution >= 4 is 23.1 Å². The van der Waals surface area contributed by atoms with Crippen LogP contribution in [-0.2, 0) is 11.3 Å². The van der Waals surface area contributed by atoms with Gasteiger partial charge in [-0.25, -0.2) is 9.97 Å². The highest BCUT2D eigenvalue weighted by Crippen LogP contribution is 2.15. The van der Waals surface area contributed by atoms with Crippen LogP contribution in [0.3, 0.4) is 0 Å². The highest BCUT2D eigenvalue weighted by molar-refractivity contribution is 5.73. The maximum absolute atomic E-state index is 11.8. The molecule has 1 aliphatic carbocycles. The first-order valence-electron chi connectivity index (χ1n) is 6.89. The first-order chi connectivity index (χ1) is 11.0. The van der Waals surface area contributed by atoms with Gasteiger partial charge in [0.05, 0.1) is 24.4 Å². The van der Waals surface area contributed by atoms with Gasteiger partial charge in [-0.3, -0.25) is 14.6 Å². The van der Waals surface area contributed by atoms with Gasteiger partial charge >= 0.3 is 5.97 Å².